The minimum atomic E-state index is -0.331. The van der Waals surface area contributed by atoms with Crippen LogP contribution in [-0.4, -0.2) is 11.5 Å². The Morgan fingerprint density at radius 3 is 2.81 bits per heavy atom. The lowest BCUT2D eigenvalue weighted by atomic mass is 10.0. The highest BCUT2D eigenvalue weighted by atomic mass is 32.1. The van der Waals surface area contributed by atoms with Crippen molar-refractivity contribution in [1.29, 1.82) is 0 Å². The Hall–Kier alpha value is -0.940. The predicted molar refractivity (Wildman–Crippen MR) is 64.6 cm³/mol. The molecule has 0 bridgehead atoms. The van der Waals surface area contributed by atoms with Crippen LogP contribution >= 0.6 is 11.3 Å². The van der Waals surface area contributed by atoms with Gasteiger partial charge in [0.1, 0.15) is 0 Å². The molecule has 16 heavy (non-hydrogen) atoms. The fraction of sp³-hybridized carbons (Fsp3) is 0.636. The normalized spacial score (nSPS) is 17.3. The first-order valence-electron chi connectivity index (χ1n) is 5.59. The van der Waals surface area contributed by atoms with Gasteiger partial charge in [0, 0.05) is 24.0 Å². The van der Waals surface area contributed by atoms with Crippen LogP contribution in [0.3, 0.4) is 0 Å². The van der Waals surface area contributed by atoms with Crippen LogP contribution in [0.15, 0.2) is 12.1 Å². The quantitative estimate of drug-likeness (QED) is 0.614. The molecule has 1 fully saturated rings. The van der Waals surface area contributed by atoms with Crippen molar-refractivity contribution in [1.82, 2.24) is 5.32 Å². The minimum Gasteiger partial charge on any atom is -0.311 e. The largest absolute Gasteiger partial charge is 0.324 e. The topological polar surface area (TPSA) is 55.2 Å². The van der Waals surface area contributed by atoms with Gasteiger partial charge in [0.2, 0.25) is 0 Å². The van der Waals surface area contributed by atoms with E-state index in [0.717, 1.165) is 18.0 Å². The number of hydrogen-bond donors (Lipinski definition) is 1. The molecular formula is C11H16N2O2S. The second-order valence-corrected chi connectivity index (χ2v) is 5.60. The lowest BCUT2D eigenvalue weighted by Gasteiger charge is -2.12. The fourth-order valence-electron chi connectivity index (χ4n) is 1.84. The van der Waals surface area contributed by atoms with E-state index in [-0.39, 0.29) is 9.92 Å². The van der Waals surface area contributed by atoms with E-state index in [9.17, 15) is 10.1 Å². The standard InChI is InChI=1S/C11H16N2O2S/c1-2-11(5-6-11)8-12-7-9-3-4-10(16-9)13(14)15/h3-4,12H,2,5-8H2,1H3. The number of rotatable bonds is 6. The molecule has 2 rings (SSSR count). The molecule has 0 aromatic carbocycles. The fourth-order valence-corrected chi connectivity index (χ4v) is 2.63. The molecule has 1 aromatic heterocycles. The Kier molecular flexibility index (Phi) is 3.25. The third-order valence-electron chi connectivity index (χ3n) is 3.33. The Morgan fingerprint density at radius 2 is 2.31 bits per heavy atom. The van der Waals surface area contributed by atoms with Crippen LogP contribution < -0.4 is 5.32 Å². The number of nitro groups is 1. The Morgan fingerprint density at radius 1 is 1.56 bits per heavy atom. The Labute approximate surface area is 98.8 Å². The second-order valence-electron chi connectivity index (χ2n) is 4.45. The zero-order chi connectivity index (χ0) is 11.6. The van der Waals surface area contributed by atoms with Crippen LogP contribution in [-0.2, 0) is 6.54 Å². The summed E-state index contributed by atoms with van der Waals surface area (Å²) in [6.45, 7) is 4.01. The zero-order valence-electron chi connectivity index (χ0n) is 9.36. The van der Waals surface area contributed by atoms with Gasteiger partial charge in [0.05, 0.1) is 4.92 Å². The number of thiophene rings is 1. The molecular weight excluding hydrogens is 224 g/mol. The van der Waals surface area contributed by atoms with Crippen LogP contribution in [0.4, 0.5) is 5.00 Å². The molecule has 1 saturated carbocycles. The first-order chi connectivity index (χ1) is 7.65. The Balaban J connectivity index is 1.79. The molecule has 0 amide bonds. The highest BCUT2D eigenvalue weighted by molar-refractivity contribution is 7.15. The van der Waals surface area contributed by atoms with Crippen molar-refractivity contribution in [3.8, 4) is 0 Å². The number of nitrogens with one attached hydrogen (secondary N) is 1. The molecule has 1 aliphatic rings. The summed E-state index contributed by atoms with van der Waals surface area (Å²) in [5.74, 6) is 0. The van der Waals surface area contributed by atoms with Crippen molar-refractivity contribution >= 4 is 16.3 Å². The van der Waals surface area contributed by atoms with Gasteiger partial charge in [0.25, 0.3) is 0 Å². The maximum absolute atomic E-state index is 10.5. The highest BCUT2D eigenvalue weighted by Crippen LogP contribution is 2.47. The minimum absolute atomic E-state index is 0.230. The smallest absolute Gasteiger partial charge is 0.311 e. The molecule has 0 radical (unpaired) electrons. The van der Waals surface area contributed by atoms with E-state index >= 15 is 0 Å². The molecule has 1 N–H and O–H groups in total. The average Bonchev–Trinajstić information content (AvgIpc) is 2.88. The third-order valence-corrected chi connectivity index (χ3v) is 4.37. The molecule has 0 spiro atoms. The summed E-state index contributed by atoms with van der Waals surface area (Å²) in [4.78, 5) is 11.2. The summed E-state index contributed by atoms with van der Waals surface area (Å²) in [6.07, 6.45) is 3.87. The van der Waals surface area contributed by atoms with Crippen LogP contribution in [0.2, 0.25) is 0 Å². The van der Waals surface area contributed by atoms with Gasteiger partial charge in [-0.25, -0.2) is 0 Å². The first-order valence-corrected chi connectivity index (χ1v) is 6.41. The van der Waals surface area contributed by atoms with Crippen LogP contribution in [0.5, 0.6) is 0 Å². The van der Waals surface area contributed by atoms with E-state index in [2.05, 4.69) is 12.2 Å². The molecule has 4 nitrogen and oxygen atoms in total. The average molecular weight is 240 g/mol. The molecule has 0 atom stereocenters. The van der Waals surface area contributed by atoms with E-state index < -0.39 is 0 Å². The van der Waals surface area contributed by atoms with Gasteiger partial charge in [0.15, 0.2) is 0 Å². The zero-order valence-corrected chi connectivity index (χ0v) is 10.2. The summed E-state index contributed by atoms with van der Waals surface area (Å²) >= 11 is 1.26. The van der Waals surface area contributed by atoms with Gasteiger partial charge in [-0.1, -0.05) is 18.3 Å². The summed E-state index contributed by atoms with van der Waals surface area (Å²) in [7, 11) is 0. The third kappa shape index (κ3) is 2.59. The van der Waals surface area contributed by atoms with E-state index in [4.69, 9.17) is 0 Å². The first kappa shape index (κ1) is 11.5. The van der Waals surface area contributed by atoms with Gasteiger partial charge >= 0.3 is 5.00 Å². The van der Waals surface area contributed by atoms with Gasteiger partial charge in [-0.15, -0.1) is 0 Å². The lowest BCUT2D eigenvalue weighted by molar-refractivity contribution is -0.380. The maximum Gasteiger partial charge on any atom is 0.324 e. The molecule has 0 unspecified atom stereocenters. The molecule has 88 valence electrons. The van der Waals surface area contributed by atoms with E-state index in [1.54, 1.807) is 6.07 Å². The monoisotopic (exact) mass is 240 g/mol. The summed E-state index contributed by atoms with van der Waals surface area (Å²) in [5, 5.41) is 14.1. The number of hydrogen-bond acceptors (Lipinski definition) is 4. The van der Waals surface area contributed by atoms with Crippen LogP contribution in [0.1, 0.15) is 31.1 Å². The van der Waals surface area contributed by atoms with Gasteiger partial charge in [-0.3, -0.25) is 10.1 Å². The van der Waals surface area contributed by atoms with Crippen LogP contribution in [0, 0.1) is 15.5 Å². The van der Waals surface area contributed by atoms with Crippen molar-refractivity contribution in [2.24, 2.45) is 5.41 Å². The SMILES string of the molecule is CCC1(CNCc2ccc([N+](=O)[O-])s2)CC1. The maximum atomic E-state index is 10.5. The van der Waals surface area contributed by atoms with Crippen molar-refractivity contribution in [3.05, 3.63) is 27.1 Å². The van der Waals surface area contributed by atoms with E-state index in [0.29, 0.717) is 5.41 Å². The molecule has 5 heteroatoms. The summed E-state index contributed by atoms with van der Waals surface area (Å²) < 4.78 is 0. The predicted octanol–water partition coefficient (Wildman–Crippen LogP) is 2.94. The molecule has 0 aliphatic heterocycles. The highest BCUT2D eigenvalue weighted by Gasteiger charge is 2.39. The van der Waals surface area contributed by atoms with E-state index in [1.807, 2.05) is 6.07 Å². The molecule has 0 saturated heterocycles. The van der Waals surface area contributed by atoms with Gasteiger partial charge < -0.3 is 5.32 Å². The van der Waals surface area contributed by atoms with Crippen molar-refractivity contribution < 1.29 is 4.92 Å². The summed E-state index contributed by atoms with van der Waals surface area (Å²) in [5.41, 5.74) is 0.531. The Bertz CT molecular complexity index is 385. The second kappa shape index (κ2) is 4.51. The molecule has 1 heterocycles. The van der Waals surface area contributed by atoms with Gasteiger partial charge in [-0.2, -0.15) is 0 Å². The molecule has 1 aromatic rings. The van der Waals surface area contributed by atoms with E-state index in [1.165, 1.54) is 30.6 Å². The molecule has 1 aliphatic carbocycles. The lowest BCUT2D eigenvalue weighted by Crippen LogP contribution is -2.22. The number of nitrogens with zero attached hydrogens (tertiary/aromatic N) is 1. The summed E-state index contributed by atoms with van der Waals surface area (Å²) in [6, 6.07) is 3.41. The van der Waals surface area contributed by atoms with Crippen molar-refractivity contribution in [2.75, 3.05) is 6.54 Å². The van der Waals surface area contributed by atoms with Gasteiger partial charge in [-0.05, 0) is 30.7 Å². The van der Waals surface area contributed by atoms with Crippen molar-refractivity contribution in [3.63, 3.8) is 0 Å². The van der Waals surface area contributed by atoms with Crippen molar-refractivity contribution in [2.45, 2.75) is 32.7 Å². The van der Waals surface area contributed by atoms with Crippen LogP contribution in [0.25, 0.3) is 0 Å².